The predicted octanol–water partition coefficient (Wildman–Crippen LogP) is 7.28. The van der Waals surface area contributed by atoms with Gasteiger partial charge in [-0.25, -0.2) is 0 Å². The summed E-state index contributed by atoms with van der Waals surface area (Å²) in [6.07, 6.45) is 7.69. The van der Waals surface area contributed by atoms with Gasteiger partial charge in [0.15, 0.2) is 0 Å². The fourth-order valence-electron chi connectivity index (χ4n) is 4.73. The van der Waals surface area contributed by atoms with Gasteiger partial charge in [-0.05, 0) is 59.4 Å². The van der Waals surface area contributed by atoms with Crippen LogP contribution in [0.2, 0.25) is 0 Å². The molecule has 0 radical (unpaired) electrons. The Morgan fingerprint density at radius 3 is 1.36 bits per heavy atom. The van der Waals surface area contributed by atoms with Crippen LogP contribution in [0.1, 0.15) is 36.8 Å². The monoisotopic (exact) mass is 474 g/mol. The minimum Gasteiger partial charge on any atom is -0.507 e. The van der Waals surface area contributed by atoms with Gasteiger partial charge in [0.25, 0.3) is 0 Å². The van der Waals surface area contributed by atoms with E-state index < -0.39 is 0 Å². The summed E-state index contributed by atoms with van der Waals surface area (Å²) in [6.45, 7) is 0. The zero-order chi connectivity index (χ0) is 24.7. The molecule has 36 heavy (non-hydrogen) atoms. The summed E-state index contributed by atoms with van der Waals surface area (Å²) in [5.41, 5.74) is 5.70. The smallest absolute Gasteiger partial charge is 0.124 e. The van der Waals surface area contributed by atoms with E-state index in [-0.39, 0.29) is 23.6 Å². The van der Waals surface area contributed by atoms with Crippen molar-refractivity contribution in [3.8, 4) is 33.8 Å². The van der Waals surface area contributed by atoms with Gasteiger partial charge < -0.3 is 10.2 Å². The predicted molar refractivity (Wildman–Crippen MR) is 148 cm³/mol. The lowest BCUT2D eigenvalue weighted by atomic mass is 9.91. The Labute approximate surface area is 212 Å². The summed E-state index contributed by atoms with van der Waals surface area (Å²) in [5, 5.41) is 20.9. The van der Waals surface area contributed by atoms with E-state index in [2.05, 4.69) is 24.3 Å². The zero-order valence-corrected chi connectivity index (χ0v) is 20.2. The Morgan fingerprint density at radius 2 is 0.944 bits per heavy atom. The highest BCUT2D eigenvalue weighted by Crippen LogP contribution is 2.29. The first-order valence-corrected chi connectivity index (χ1v) is 12.5. The van der Waals surface area contributed by atoms with Crippen molar-refractivity contribution >= 4 is 12.4 Å². The molecule has 0 amide bonds. The van der Waals surface area contributed by atoms with E-state index in [1.54, 1.807) is 24.6 Å². The number of aliphatic imine (C=N–C) groups is 2. The van der Waals surface area contributed by atoms with Crippen LogP contribution in [0.3, 0.4) is 0 Å². The summed E-state index contributed by atoms with van der Waals surface area (Å²) >= 11 is 0. The van der Waals surface area contributed by atoms with Gasteiger partial charge in [0.05, 0.1) is 12.1 Å². The van der Waals surface area contributed by atoms with E-state index in [4.69, 9.17) is 9.98 Å². The quantitative estimate of drug-likeness (QED) is 0.288. The van der Waals surface area contributed by atoms with E-state index in [0.717, 1.165) is 47.9 Å². The maximum atomic E-state index is 10.4. The molecule has 0 bridgehead atoms. The summed E-state index contributed by atoms with van der Waals surface area (Å²) in [5.74, 6) is 0.439. The lowest BCUT2D eigenvalue weighted by molar-refractivity contribution is 0.390. The number of hydrogen-bond donors (Lipinski definition) is 2. The highest BCUT2D eigenvalue weighted by molar-refractivity contribution is 5.87. The first-order valence-electron chi connectivity index (χ1n) is 12.5. The van der Waals surface area contributed by atoms with Crippen LogP contribution < -0.4 is 0 Å². The third-order valence-corrected chi connectivity index (χ3v) is 6.77. The SMILES string of the molecule is Oc1ccc(-c2ccccc2)cc1C=N[C@@H]1CCCC[C@H]1N=Cc1cc(-c2ccccc2)ccc1O. The van der Waals surface area contributed by atoms with E-state index in [1.165, 1.54) is 0 Å². The minimum atomic E-state index is 0.0363. The van der Waals surface area contributed by atoms with Gasteiger partial charge in [0, 0.05) is 23.6 Å². The van der Waals surface area contributed by atoms with Gasteiger partial charge in [-0.3, -0.25) is 9.98 Å². The molecule has 0 aromatic heterocycles. The van der Waals surface area contributed by atoms with Crippen molar-refractivity contribution in [1.82, 2.24) is 0 Å². The van der Waals surface area contributed by atoms with Crippen molar-refractivity contribution in [1.29, 1.82) is 0 Å². The second kappa shape index (κ2) is 11.0. The Hall–Kier alpha value is -4.18. The fourth-order valence-corrected chi connectivity index (χ4v) is 4.73. The first kappa shape index (κ1) is 23.6. The van der Waals surface area contributed by atoms with Crippen molar-refractivity contribution in [3.63, 3.8) is 0 Å². The maximum Gasteiger partial charge on any atom is 0.124 e. The molecule has 4 aromatic rings. The molecule has 1 aliphatic rings. The molecule has 0 heterocycles. The molecule has 0 unspecified atom stereocenters. The molecule has 1 fully saturated rings. The standard InChI is InChI=1S/C32H30N2O2/c35-31-17-15-25(23-9-3-1-4-10-23)19-27(31)21-33-29-13-7-8-14-30(29)34-22-28-20-26(16-18-32(28)36)24-11-5-2-6-12-24/h1-6,9-12,15-22,29-30,35-36H,7-8,13-14H2/t29-,30-/m1/s1. The summed E-state index contributed by atoms with van der Waals surface area (Å²) < 4.78 is 0. The highest BCUT2D eigenvalue weighted by Gasteiger charge is 2.23. The van der Waals surface area contributed by atoms with Gasteiger partial charge >= 0.3 is 0 Å². The summed E-state index contributed by atoms with van der Waals surface area (Å²) in [7, 11) is 0. The van der Waals surface area contributed by atoms with Gasteiger partial charge in [-0.15, -0.1) is 0 Å². The number of nitrogens with zero attached hydrogens (tertiary/aromatic N) is 2. The number of aromatic hydroxyl groups is 2. The lowest BCUT2D eigenvalue weighted by Gasteiger charge is -2.25. The highest BCUT2D eigenvalue weighted by atomic mass is 16.3. The summed E-state index contributed by atoms with van der Waals surface area (Å²) in [4.78, 5) is 9.74. The van der Waals surface area contributed by atoms with Crippen LogP contribution in [0.25, 0.3) is 22.3 Å². The van der Waals surface area contributed by atoms with Crippen LogP contribution in [-0.4, -0.2) is 34.7 Å². The van der Waals surface area contributed by atoms with Crippen molar-refractivity contribution in [2.75, 3.05) is 0 Å². The van der Waals surface area contributed by atoms with Crippen LogP contribution in [0.5, 0.6) is 11.5 Å². The van der Waals surface area contributed by atoms with Crippen LogP contribution in [-0.2, 0) is 0 Å². The van der Waals surface area contributed by atoms with E-state index in [9.17, 15) is 10.2 Å². The normalized spacial score (nSPS) is 18.1. The molecule has 5 rings (SSSR count). The maximum absolute atomic E-state index is 10.4. The molecule has 4 heteroatoms. The van der Waals surface area contributed by atoms with E-state index in [1.807, 2.05) is 60.7 Å². The third kappa shape index (κ3) is 5.55. The molecule has 1 aliphatic carbocycles. The fraction of sp³-hybridized carbons (Fsp3) is 0.188. The molecule has 0 aliphatic heterocycles. The molecular formula is C32H30N2O2. The molecule has 2 atom stereocenters. The van der Waals surface area contributed by atoms with Crippen LogP contribution in [0.15, 0.2) is 107 Å². The molecule has 0 saturated heterocycles. The average molecular weight is 475 g/mol. The Bertz CT molecular complexity index is 1260. The summed E-state index contributed by atoms with van der Waals surface area (Å²) in [6, 6.07) is 31.6. The van der Waals surface area contributed by atoms with Gasteiger partial charge in [0.1, 0.15) is 11.5 Å². The first-order chi connectivity index (χ1) is 17.7. The Morgan fingerprint density at radius 1 is 0.528 bits per heavy atom. The lowest BCUT2D eigenvalue weighted by Crippen LogP contribution is -2.27. The largest absolute Gasteiger partial charge is 0.507 e. The van der Waals surface area contributed by atoms with Crippen molar-refractivity contribution < 1.29 is 10.2 Å². The van der Waals surface area contributed by atoms with E-state index >= 15 is 0 Å². The Kier molecular flexibility index (Phi) is 7.23. The van der Waals surface area contributed by atoms with Crippen LogP contribution >= 0.6 is 0 Å². The van der Waals surface area contributed by atoms with Crippen LogP contribution in [0, 0.1) is 0 Å². The topological polar surface area (TPSA) is 65.2 Å². The molecule has 4 nitrogen and oxygen atoms in total. The average Bonchev–Trinajstić information content (AvgIpc) is 2.93. The number of hydrogen-bond acceptors (Lipinski definition) is 4. The molecular weight excluding hydrogens is 444 g/mol. The third-order valence-electron chi connectivity index (χ3n) is 6.77. The van der Waals surface area contributed by atoms with Crippen molar-refractivity contribution in [2.24, 2.45) is 9.98 Å². The Balaban J connectivity index is 1.36. The van der Waals surface area contributed by atoms with Gasteiger partial charge in [-0.2, -0.15) is 0 Å². The minimum absolute atomic E-state index is 0.0363. The molecule has 0 spiro atoms. The van der Waals surface area contributed by atoms with Gasteiger partial charge in [-0.1, -0.05) is 85.6 Å². The number of benzene rings is 4. The number of rotatable bonds is 6. The zero-order valence-electron chi connectivity index (χ0n) is 20.2. The van der Waals surface area contributed by atoms with Crippen LogP contribution in [0.4, 0.5) is 0 Å². The second-order valence-electron chi connectivity index (χ2n) is 9.25. The second-order valence-corrected chi connectivity index (χ2v) is 9.25. The molecule has 180 valence electrons. The number of phenols is 2. The number of phenolic OH excluding ortho intramolecular Hbond substituents is 2. The van der Waals surface area contributed by atoms with Crippen molar-refractivity contribution in [3.05, 3.63) is 108 Å². The molecule has 4 aromatic carbocycles. The van der Waals surface area contributed by atoms with Crippen molar-refractivity contribution in [2.45, 2.75) is 37.8 Å². The van der Waals surface area contributed by atoms with Gasteiger partial charge in [0.2, 0.25) is 0 Å². The van der Waals surface area contributed by atoms with E-state index in [0.29, 0.717) is 11.1 Å². The molecule has 1 saturated carbocycles. The molecule has 2 N–H and O–H groups in total.